The number of anilines is 1. The molecule has 1 atom stereocenters. The van der Waals surface area contributed by atoms with Crippen molar-refractivity contribution in [3.63, 3.8) is 0 Å². The number of benzene rings is 2. The summed E-state index contributed by atoms with van der Waals surface area (Å²) in [7, 11) is 3.13. The van der Waals surface area contributed by atoms with Crippen LogP contribution in [0.5, 0.6) is 5.75 Å². The van der Waals surface area contributed by atoms with Gasteiger partial charge >= 0.3 is 5.69 Å². The molecule has 10 nitrogen and oxygen atoms in total. The van der Waals surface area contributed by atoms with Crippen LogP contribution < -0.4 is 26.6 Å². The molecule has 0 spiro atoms. The predicted molar refractivity (Wildman–Crippen MR) is 137 cm³/mol. The number of ketones is 1. The molecule has 0 amide bonds. The van der Waals surface area contributed by atoms with Crippen molar-refractivity contribution in [3.8, 4) is 11.4 Å². The maximum atomic E-state index is 13.8. The summed E-state index contributed by atoms with van der Waals surface area (Å²) in [4.78, 5) is 46.8. The zero-order valence-corrected chi connectivity index (χ0v) is 20.3. The highest BCUT2D eigenvalue weighted by atomic mass is 16.5. The summed E-state index contributed by atoms with van der Waals surface area (Å²) in [5.74, 6) is 0.802. The first-order chi connectivity index (χ1) is 17.4. The van der Waals surface area contributed by atoms with Crippen molar-refractivity contribution in [3.05, 3.63) is 81.0 Å². The molecule has 2 aromatic heterocycles. The van der Waals surface area contributed by atoms with Crippen LogP contribution in [0, 0.1) is 0 Å². The molecule has 0 radical (unpaired) electrons. The number of carbonyl (C=O) groups is 1. The van der Waals surface area contributed by atoms with Crippen LogP contribution in [-0.2, 0) is 13.6 Å². The second-order valence-electron chi connectivity index (χ2n) is 8.99. The lowest BCUT2D eigenvalue weighted by atomic mass is 10.1. The molecule has 2 aromatic carbocycles. The van der Waals surface area contributed by atoms with Gasteiger partial charge in [-0.25, -0.2) is 4.79 Å². The summed E-state index contributed by atoms with van der Waals surface area (Å²) in [5.41, 5.74) is 6.60. The van der Waals surface area contributed by atoms with Crippen molar-refractivity contribution in [1.82, 2.24) is 18.7 Å². The second-order valence-corrected chi connectivity index (χ2v) is 8.99. The average molecular weight is 489 g/mol. The Labute approximate surface area is 207 Å². The molecular weight excluding hydrogens is 460 g/mol. The third-order valence-electron chi connectivity index (χ3n) is 6.57. The molecule has 0 bridgehead atoms. The molecule has 1 unspecified atom stereocenters. The SMILES string of the molecule is COc1cccc(-n2c(N3CCCC(N)C3)nc3c2c(=O)n(CC(=O)c2ccccc2)c(=O)n3C)c1. The smallest absolute Gasteiger partial charge is 0.332 e. The Balaban J connectivity index is 1.75. The Morgan fingerprint density at radius 1 is 1.14 bits per heavy atom. The van der Waals surface area contributed by atoms with Crippen molar-refractivity contribution in [2.24, 2.45) is 12.8 Å². The van der Waals surface area contributed by atoms with E-state index >= 15 is 0 Å². The van der Waals surface area contributed by atoms with Gasteiger partial charge in [0.15, 0.2) is 16.9 Å². The van der Waals surface area contributed by atoms with Gasteiger partial charge in [0.05, 0.1) is 19.3 Å². The molecule has 1 saturated heterocycles. The van der Waals surface area contributed by atoms with Gasteiger partial charge < -0.3 is 15.4 Å². The van der Waals surface area contributed by atoms with Gasteiger partial charge in [0, 0.05) is 37.8 Å². The van der Waals surface area contributed by atoms with Crippen molar-refractivity contribution >= 4 is 22.9 Å². The second kappa shape index (κ2) is 9.46. The number of fused-ring (bicyclic) bond motifs is 1. The first-order valence-electron chi connectivity index (χ1n) is 11.8. The number of methoxy groups -OCH3 is 1. The van der Waals surface area contributed by atoms with Crippen LogP contribution in [0.2, 0.25) is 0 Å². The molecule has 5 rings (SSSR count). The highest BCUT2D eigenvalue weighted by Crippen LogP contribution is 2.28. The zero-order valence-electron chi connectivity index (χ0n) is 20.3. The number of nitrogens with two attached hydrogens (primary N) is 1. The van der Waals surface area contributed by atoms with E-state index in [1.807, 2.05) is 23.1 Å². The van der Waals surface area contributed by atoms with Crippen molar-refractivity contribution in [2.75, 3.05) is 25.1 Å². The molecule has 1 fully saturated rings. The third-order valence-corrected chi connectivity index (χ3v) is 6.57. The number of imidazole rings is 1. The van der Waals surface area contributed by atoms with Crippen LogP contribution >= 0.6 is 0 Å². The highest BCUT2D eigenvalue weighted by Gasteiger charge is 2.27. The van der Waals surface area contributed by atoms with Crippen molar-refractivity contribution in [2.45, 2.75) is 25.4 Å². The van der Waals surface area contributed by atoms with E-state index in [1.165, 1.54) is 4.57 Å². The van der Waals surface area contributed by atoms with Gasteiger partial charge in [-0.05, 0) is 25.0 Å². The molecule has 1 aliphatic rings. The molecule has 2 N–H and O–H groups in total. The fraction of sp³-hybridized carbons (Fsp3) is 0.308. The van der Waals surface area contributed by atoms with Crippen LogP contribution in [0.1, 0.15) is 23.2 Å². The number of piperidine rings is 1. The van der Waals surface area contributed by atoms with Crippen LogP contribution in [0.25, 0.3) is 16.9 Å². The number of carbonyl (C=O) groups excluding carboxylic acids is 1. The topological polar surface area (TPSA) is 117 Å². The van der Waals surface area contributed by atoms with Crippen LogP contribution in [-0.4, -0.2) is 50.7 Å². The Kier molecular flexibility index (Phi) is 6.19. The van der Waals surface area contributed by atoms with Crippen LogP contribution in [0.4, 0.5) is 5.95 Å². The molecule has 186 valence electrons. The zero-order chi connectivity index (χ0) is 25.4. The lowest BCUT2D eigenvalue weighted by molar-refractivity contribution is 0.0969. The number of ether oxygens (including phenoxy) is 1. The highest BCUT2D eigenvalue weighted by molar-refractivity contribution is 5.96. The molecule has 0 saturated carbocycles. The molecular formula is C26H28N6O4. The summed E-state index contributed by atoms with van der Waals surface area (Å²) in [6.07, 6.45) is 1.79. The molecule has 36 heavy (non-hydrogen) atoms. The summed E-state index contributed by atoms with van der Waals surface area (Å²) in [6.45, 7) is 0.913. The van der Waals surface area contributed by atoms with Gasteiger partial charge in [-0.2, -0.15) is 4.98 Å². The predicted octanol–water partition coefficient (Wildman–Crippen LogP) is 1.70. The van der Waals surface area contributed by atoms with Gasteiger partial charge in [0.1, 0.15) is 5.75 Å². The van der Waals surface area contributed by atoms with Crippen LogP contribution in [0.3, 0.4) is 0 Å². The minimum atomic E-state index is -0.603. The lowest BCUT2D eigenvalue weighted by Crippen LogP contribution is -2.44. The molecule has 0 aliphatic carbocycles. The first-order valence-corrected chi connectivity index (χ1v) is 11.8. The van der Waals surface area contributed by atoms with Gasteiger partial charge in [-0.1, -0.05) is 36.4 Å². The maximum Gasteiger partial charge on any atom is 0.332 e. The number of rotatable bonds is 6. The minimum Gasteiger partial charge on any atom is -0.497 e. The lowest BCUT2D eigenvalue weighted by Gasteiger charge is -2.31. The number of hydrogen-bond donors (Lipinski definition) is 1. The van der Waals surface area contributed by atoms with E-state index in [0.29, 0.717) is 29.5 Å². The minimum absolute atomic E-state index is 0.0266. The summed E-state index contributed by atoms with van der Waals surface area (Å²) < 4.78 is 9.44. The number of nitrogens with zero attached hydrogens (tertiary/aromatic N) is 5. The standard InChI is InChI=1S/C26H28N6O4/c1-29-23-22(24(34)31(26(29)35)16-21(33)17-8-4-3-5-9-17)32(19-11-6-12-20(14-19)36-2)25(28-23)30-13-7-10-18(27)15-30/h3-6,8-9,11-12,14,18H,7,10,13,15-16,27H2,1-2H3. The van der Waals surface area contributed by atoms with E-state index in [4.69, 9.17) is 15.5 Å². The van der Waals surface area contributed by atoms with Gasteiger partial charge in [-0.15, -0.1) is 0 Å². The molecule has 3 heterocycles. The van der Waals surface area contributed by atoms with Gasteiger partial charge in [0.2, 0.25) is 5.95 Å². The summed E-state index contributed by atoms with van der Waals surface area (Å²) in [6, 6.07) is 15.9. The number of aromatic nitrogens is 4. The normalized spacial score (nSPS) is 15.9. The van der Waals surface area contributed by atoms with E-state index in [-0.39, 0.29) is 29.5 Å². The number of hydrogen-bond acceptors (Lipinski definition) is 7. The fourth-order valence-corrected chi connectivity index (χ4v) is 4.71. The molecule has 1 aliphatic heterocycles. The largest absolute Gasteiger partial charge is 0.497 e. The number of aryl methyl sites for hydroxylation is 1. The maximum absolute atomic E-state index is 13.8. The Morgan fingerprint density at radius 2 is 1.92 bits per heavy atom. The van der Waals surface area contributed by atoms with Crippen molar-refractivity contribution < 1.29 is 9.53 Å². The van der Waals surface area contributed by atoms with E-state index in [1.54, 1.807) is 55.1 Å². The first kappa shape index (κ1) is 23.6. The monoisotopic (exact) mass is 488 g/mol. The Morgan fingerprint density at radius 3 is 2.64 bits per heavy atom. The third kappa shape index (κ3) is 4.09. The van der Waals surface area contributed by atoms with Crippen LogP contribution in [0.15, 0.2) is 64.2 Å². The molecule has 10 heteroatoms. The van der Waals surface area contributed by atoms with E-state index in [0.717, 1.165) is 24.0 Å². The van der Waals surface area contributed by atoms with Gasteiger partial charge in [-0.3, -0.25) is 23.3 Å². The Hall–Kier alpha value is -4.18. The van der Waals surface area contributed by atoms with E-state index in [2.05, 4.69) is 0 Å². The van der Waals surface area contributed by atoms with Crippen molar-refractivity contribution in [1.29, 1.82) is 0 Å². The molecule has 4 aromatic rings. The number of Topliss-reactive ketones (excluding diaryl/α,β-unsaturated/α-hetero) is 1. The fourth-order valence-electron chi connectivity index (χ4n) is 4.71. The summed E-state index contributed by atoms with van der Waals surface area (Å²) >= 11 is 0. The average Bonchev–Trinajstić information content (AvgIpc) is 3.31. The van der Waals surface area contributed by atoms with E-state index in [9.17, 15) is 14.4 Å². The quantitative estimate of drug-likeness (QED) is 0.411. The summed E-state index contributed by atoms with van der Waals surface area (Å²) in [5, 5.41) is 0. The Bertz CT molecular complexity index is 1550. The van der Waals surface area contributed by atoms with E-state index < -0.39 is 11.2 Å². The van der Waals surface area contributed by atoms with Gasteiger partial charge in [0.25, 0.3) is 5.56 Å².